The number of nitrogens with one attached hydrogen (secondary N) is 1. The van der Waals surface area contributed by atoms with Gasteiger partial charge < -0.3 is 5.32 Å². The lowest BCUT2D eigenvalue weighted by Gasteiger charge is -1.90. The van der Waals surface area contributed by atoms with E-state index >= 15 is 0 Å². The standard InChI is InChI=1S/C8H11N/c1-3-7-5-9-6-8(7)4-2/h3-4,9H,1-2,5-6H2. The maximum absolute atomic E-state index is 3.70. The van der Waals surface area contributed by atoms with Crippen molar-refractivity contribution in [3.8, 4) is 0 Å². The van der Waals surface area contributed by atoms with Crippen molar-refractivity contribution in [2.24, 2.45) is 0 Å². The fourth-order valence-corrected chi connectivity index (χ4v) is 0.965. The summed E-state index contributed by atoms with van der Waals surface area (Å²) in [6, 6.07) is 0. The van der Waals surface area contributed by atoms with Gasteiger partial charge in [-0.05, 0) is 11.1 Å². The number of hydrogen-bond donors (Lipinski definition) is 1. The van der Waals surface area contributed by atoms with Crippen molar-refractivity contribution in [1.29, 1.82) is 0 Å². The average molecular weight is 121 g/mol. The molecular weight excluding hydrogens is 110 g/mol. The Morgan fingerprint density at radius 2 is 1.56 bits per heavy atom. The van der Waals surface area contributed by atoms with Crippen molar-refractivity contribution in [1.82, 2.24) is 5.32 Å². The summed E-state index contributed by atoms with van der Waals surface area (Å²) >= 11 is 0. The van der Waals surface area contributed by atoms with Crippen LogP contribution in [-0.2, 0) is 0 Å². The molecule has 0 spiro atoms. The summed E-state index contributed by atoms with van der Waals surface area (Å²) in [6.45, 7) is 9.29. The molecule has 0 aromatic rings. The molecule has 0 atom stereocenters. The molecule has 0 aromatic carbocycles. The predicted molar refractivity (Wildman–Crippen MR) is 40.3 cm³/mol. The van der Waals surface area contributed by atoms with E-state index in [1.165, 1.54) is 11.1 Å². The van der Waals surface area contributed by atoms with Crippen LogP contribution in [0.4, 0.5) is 0 Å². The monoisotopic (exact) mass is 121 g/mol. The Kier molecular flexibility index (Phi) is 1.85. The van der Waals surface area contributed by atoms with E-state index < -0.39 is 0 Å². The summed E-state index contributed by atoms with van der Waals surface area (Å²) in [5, 5.41) is 3.21. The van der Waals surface area contributed by atoms with Gasteiger partial charge in [0.1, 0.15) is 0 Å². The van der Waals surface area contributed by atoms with Gasteiger partial charge in [-0.1, -0.05) is 25.3 Å². The minimum atomic E-state index is 0.949. The van der Waals surface area contributed by atoms with E-state index in [9.17, 15) is 0 Å². The van der Waals surface area contributed by atoms with Crippen LogP contribution in [0, 0.1) is 0 Å². The summed E-state index contributed by atoms with van der Waals surface area (Å²) in [6.07, 6.45) is 3.77. The fourth-order valence-electron chi connectivity index (χ4n) is 0.965. The molecular formula is C8H11N. The Hall–Kier alpha value is -0.820. The quantitative estimate of drug-likeness (QED) is 0.580. The smallest absolute Gasteiger partial charge is 0.0211 e. The molecule has 48 valence electrons. The Morgan fingerprint density at radius 3 is 1.89 bits per heavy atom. The summed E-state index contributed by atoms with van der Waals surface area (Å²) in [7, 11) is 0. The SMILES string of the molecule is C=CC1=C(C=C)CNC1. The van der Waals surface area contributed by atoms with E-state index in [0.29, 0.717) is 0 Å². The van der Waals surface area contributed by atoms with E-state index in [-0.39, 0.29) is 0 Å². The van der Waals surface area contributed by atoms with Crippen LogP contribution in [0.15, 0.2) is 36.5 Å². The lowest BCUT2D eigenvalue weighted by molar-refractivity contribution is 0.874. The van der Waals surface area contributed by atoms with Gasteiger partial charge in [-0.3, -0.25) is 0 Å². The van der Waals surface area contributed by atoms with Crippen molar-refractivity contribution in [2.75, 3.05) is 13.1 Å². The highest BCUT2D eigenvalue weighted by atomic mass is 14.9. The Balaban J connectivity index is 2.81. The minimum Gasteiger partial charge on any atom is -0.309 e. The molecule has 0 amide bonds. The van der Waals surface area contributed by atoms with Crippen molar-refractivity contribution < 1.29 is 0 Å². The molecule has 9 heavy (non-hydrogen) atoms. The average Bonchev–Trinajstić information content (AvgIpc) is 2.33. The summed E-state index contributed by atoms with van der Waals surface area (Å²) in [4.78, 5) is 0. The predicted octanol–water partition coefficient (Wildman–Crippen LogP) is 1.26. The van der Waals surface area contributed by atoms with E-state index in [4.69, 9.17) is 0 Å². The molecule has 1 aliphatic rings. The third-order valence-corrected chi connectivity index (χ3v) is 1.54. The van der Waals surface area contributed by atoms with Gasteiger partial charge in [0.25, 0.3) is 0 Å². The van der Waals surface area contributed by atoms with Gasteiger partial charge in [0, 0.05) is 13.1 Å². The maximum atomic E-state index is 3.70. The first-order chi connectivity index (χ1) is 4.38. The minimum absolute atomic E-state index is 0.949. The van der Waals surface area contributed by atoms with Gasteiger partial charge in [0.15, 0.2) is 0 Å². The molecule has 0 aliphatic carbocycles. The van der Waals surface area contributed by atoms with Gasteiger partial charge in [0.2, 0.25) is 0 Å². The molecule has 0 saturated carbocycles. The first-order valence-corrected chi connectivity index (χ1v) is 3.06. The van der Waals surface area contributed by atoms with Crippen LogP contribution >= 0.6 is 0 Å². The highest BCUT2D eigenvalue weighted by molar-refractivity contribution is 5.36. The molecule has 1 nitrogen and oxygen atoms in total. The Morgan fingerprint density at radius 1 is 1.11 bits per heavy atom. The molecule has 1 rings (SSSR count). The highest BCUT2D eigenvalue weighted by Gasteiger charge is 2.06. The Labute approximate surface area is 55.8 Å². The van der Waals surface area contributed by atoms with Crippen molar-refractivity contribution in [3.05, 3.63) is 36.5 Å². The zero-order valence-electron chi connectivity index (χ0n) is 5.48. The van der Waals surface area contributed by atoms with Crippen LogP contribution in [0.5, 0.6) is 0 Å². The highest BCUT2D eigenvalue weighted by Crippen LogP contribution is 2.10. The van der Waals surface area contributed by atoms with Crippen molar-refractivity contribution in [3.63, 3.8) is 0 Å². The lowest BCUT2D eigenvalue weighted by Crippen LogP contribution is -2.08. The number of hydrogen-bond acceptors (Lipinski definition) is 1. The first-order valence-electron chi connectivity index (χ1n) is 3.06. The van der Waals surface area contributed by atoms with Crippen LogP contribution in [-0.4, -0.2) is 13.1 Å². The number of rotatable bonds is 2. The molecule has 0 radical (unpaired) electrons. The van der Waals surface area contributed by atoms with Gasteiger partial charge in [-0.25, -0.2) is 0 Å². The van der Waals surface area contributed by atoms with Gasteiger partial charge in [-0.2, -0.15) is 0 Å². The van der Waals surface area contributed by atoms with E-state index in [1.807, 2.05) is 12.2 Å². The largest absolute Gasteiger partial charge is 0.309 e. The zero-order chi connectivity index (χ0) is 6.69. The molecule has 0 aromatic heterocycles. The van der Waals surface area contributed by atoms with E-state index in [0.717, 1.165) is 13.1 Å². The van der Waals surface area contributed by atoms with E-state index in [1.54, 1.807) is 0 Å². The zero-order valence-corrected chi connectivity index (χ0v) is 5.48. The molecule has 0 saturated heterocycles. The molecule has 1 aliphatic heterocycles. The first kappa shape index (κ1) is 6.30. The van der Waals surface area contributed by atoms with Crippen molar-refractivity contribution in [2.45, 2.75) is 0 Å². The molecule has 1 heterocycles. The third-order valence-electron chi connectivity index (χ3n) is 1.54. The molecule has 1 heteroatoms. The molecule has 0 bridgehead atoms. The second-order valence-corrected chi connectivity index (χ2v) is 2.06. The van der Waals surface area contributed by atoms with Crippen LogP contribution in [0.1, 0.15) is 0 Å². The molecule has 0 fully saturated rings. The molecule has 1 N–H and O–H groups in total. The van der Waals surface area contributed by atoms with Gasteiger partial charge in [-0.15, -0.1) is 0 Å². The van der Waals surface area contributed by atoms with Gasteiger partial charge in [0.05, 0.1) is 0 Å². The second kappa shape index (κ2) is 2.65. The summed E-state index contributed by atoms with van der Waals surface area (Å²) < 4.78 is 0. The van der Waals surface area contributed by atoms with Crippen LogP contribution in [0.3, 0.4) is 0 Å². The second-order valence-electron chi connectivity index (χ2n) is 2.06. The van der Waals surface area contributed by atoms with Crippen LogP contribution in [0.25, 0.3) is 0 Å². The summed E-state index contributed by atoms with van der Waals surface area (Å²) in [5.41, 5.74) is 2.56. The van der Waals surface area contributed by atoms with Crippen LogP contribution in [0.2, 0.25) is 0 Å². The normalized spacial score (nSPS) is 18.2. The third kappa shape index (κ3) is 1.11. The topological polar surface area (TPSA) is 12.0 Å². The van der Waals surface area contributed by atoms with Crippen LogP contribution < -0.4 is 5.32 Å². The lowest BCUT2D eigenvalue weighted by atomic mass is 10.1. The maximum Gasteiger partial charge on any atom is 0.0211 e. The van der Waals surface area contributed by atoms with Gasteiger partial charge >= 0.3 is 0 Å². The molecule has 0 unspecified atom stereocenters. The fraction of sp³-hybridized carbons (Fsp3) is 0.250. The van der Waals surface area contributed by atoms with E-state index in [2.05, 4.69) is 18.5 Å². The summed E-state index contributed by atoms with van der Waals surface area (Å²) in [5.74, 6) is 0. The Bertz CT molecular complexity index is 147. The van der Waals surface area contributed by atoms with Crippen molar-refractivity contribution >= 4 is 0 Å².